The first-order valence-corrected chi connectivity index (χ1v) is 6.64. The fourth-order valence-electron chi connectivity index (χ4n) is 1.97. The van der Waals surface area contributed by atoms with Crippen LogP contribution in [0, 0.1) is 31.6 Å². The maximum Gasteiger partial charge on any atom is 0.254 e. The molecule has 0 aliphatic heterocycles. The van der Waals surface area contributed by atoms with Gasteiger partial charge in [0.25, 0.3) is 5.56 Å². The van der Waals surface area contributed by atoms with Crippen LogP contribution in [0.15, 0.2) is 4.79 Å². The number of aryl methyl sites for hydroxylation is 2. The lowest BCUT2D eigenvalue weighted by atomic mass is 10.1. The van der Waals surface area contributed by atoms with Crippen LogP contribution in [0.2, 0.25) is 0 Å². The summed E-state index contributed by atoms with van der Waals surface area (Å²) in [4.78, 5) is 19.3. The summed E-state index contributed by atoms with van der Waals surface area (Å²) < 4.78 is 0. The molecular formula is C16H20N2O. The Morgan fingerprint density at radius 2 is 1.79 bits per heavy atom. The minimum absolute atomic E-state index is 0.0310. The fraction of sp³-hybridized carbons (Fsp3) is 0.500. The van der Waals surface area contributed by atoms with Crippen LogP contribution < -0.4 is 5.56 Å². The molecule has 0 radical (unpaired) electrons. The highest BCUT2D eigenvalue weighted by Crippen LogP contribution is 2.06. The second-order valence-corrected chi connectivity index (χ2v) is 4.55. The Balaban J connectivity index is 2.66. The molecule has 0 aliphatic rings. The molecule has 3 nitrogen and oxygen atoms in total. The summed E-state index contributed by atoms with van der Waals surface area (Å²) in [6.45, 7) is 1.88. The summed E-state index contributed by atoms with van der Waals surface area (Å²) in [6, 6.07) is 0. The third kappa shape index (κ3) is 5.02. The van der Waals surface area contributed by atoms with Gasteiger partial charge in [-0.1, -0.05) is 0 Å². The molecule has 3 heteroatoms. The van der Waals surface area contributed by atoms with Gasteiger partial charge in [0.2, 0.25) is 0 Å². The second kappa shape index (κ2) is 8.16. The number of nitrogens with zero attached hydrogens (tertiary/aromatic N) is 1. The van der Waals surface area contributed by atoms with Crippen molar-refractivity contribution in [1.82, 2.24) is 9.97 Å². The molecule has 0 unspecified atom stereocenters. The van der Waals surface area contributed by atoms with Gasteiger partial charge in [-0.2, -0.15) is 0 Å². The van der Waals surface area contributed by atoms with Crippen LogP contribution in [0.3, 0.4) is 0 Å². The van der Waals surface area contributed by atoms with E-state index in [1.807, 2.05) is 6.92 Å². The van der Waals surface area contributed by atoms with Crippen molar-refractivity contribution in [2.75, 3.05) is 0 Å². The lowest BCUT2D eigenvalue weighted by molar-refractivity contribution is 0.709. The Bertz CT molecular complexity index is 543. The molecule has 0 fully saturated rings. The summed E-state index contributed by atoms with van der Waals surface area (Å²) in [7, 11) is 0. The first-order chi connectivity index (χ1) is 9.19. The van der Waals surface area contributed by atoms with Crippen molar-refractivity contribution in [3.8, 4) is 24.7 Å². The van der Waals surface area contributed by atoms with Gasteiger partial charge in [-0.25, -0.2) is 4.98 Å². The molecule has 1 rings (SSSR count). The van der Waals surface area contributed by atoms with Gasteiger partial charge in [0.15, 0.2) is 0 Å². The molecular weight excluding hydrogens is 236 g/mol. The average molecular weight is 256 g/mol. The van der Waals surface area contributed by atoms with Crippen molar-refractivity contribution < 1.29 is 0 Å². The Morgan fingerprint density at radius 1 is 1.11 bits per heavy atom. The van der Waals surface area contributed by atoms with E-state index < -0.39 is 0 Å². The molecule has 0 aliphatic carbocycles. The predicted octanol–water partition coefficient (Wildman–Crippen LogP) is 2.38. The van der Waals surface area contributed by atoms with E-state index in [9.17, 15) is 4.79 Å². The van der Waals surface area contributed by atoms with Gasteiger partial charge in [-0.15, -0.1) is 24.7 Å². The number of rotatable bonds is 7. The van der Waals surface area contributed by atoms with Crippen molar-refractivity contribution in [3.05, 3.63) is 27.4 Å². The number of H-pyrrole nitrogens is 1. The molecule has 19 heavy (non-hydrogen) atoms. The molecule has 1 aromatic heterocycles. The number of hydrogen-bond donors (Lipinski definition) is 1. The number of aromatic amines is 1. The summed E-state index contributed by atoms with van der Waals surface area (Å²) in [6.07, 6.45) is 16.1. The van der Waals surface area contributed by atoms with Crippen LogP contribution >= 0.6 is 0 Å². The maximum absolute atomic E-state index is 12.0. The standard InChI is InChI=1S/C16H20N2O/c1-4-6-8-10-12-15-17-13(3)14(16(19)18-15)11-9-7-5-2/h1-2H,6-12H2,3H3,(H,17,18,19). The molecule has 0 atom stereocenters. The van der Waals surface area contributed by atoms with Gasteiger partial charge in [0, 0.05) is 30.5 Å². The van der Waals surface area contributed by atoms with Crippen LogP contribution in [-0.2, 0) is 12.8 Å². The number of aromatic nitrogens is 2. The van der Waals surface area contributed by atoms with Crippen LogP contribution in [0.1, 0.15) is 49.2 Å². The van der Waals surface area contributed by atoms with Gasteiger partial charge in [-0.05, 0) is 32.6 Å². The third-order valence-electron chi connectivity index (χ3n) is 3.00. The quantitative estimate of drug-likeness (QED) is 0.601. The van der Waals surface area contributed by atoms with E-state index in [2.05, 4.69) is 21.8 Å². The van der Waals surface area contributed by atoms with E-state index >= 15 is 0 Å². The normalized spacial score (nSPS) is 9.84. The summed E-state index contributed by atoms with van der Waals surface area (Å²) >= 11 is 0. The topological polar surface area (TPSA) is 45.8 Å². The number of terminal acetylenes is 2. The highest BCUT2D eigenvalue weighted by molar-refractivity contribution is 5.17. The molecule has 0 saturated heterocycles. The first-order valence-electron chi connectivity index (χ1n) is 6.64. The van der Waals surface area contributed by atoms with Crippen molar-refractivity contribution in [1.29, 1.82) is 0 Å². The Kier molecular flexibility index (Phi) is 6.47. The minimum Gasteiger partial charge on any atom is -0.310 e. The van der Waals surface area contributed by atoms with Crippen LogP contribution in [-0.4, -0.2) is 9.97 Å². The van der Waals surface area contributed by atoms with Gasteiger partial charge in [0.05, 0.1) is 0 Å². The van der Waals surface area contributed by atoms with Gasteiger partial charge in [0.1, 0.15) is 5.82 Å². The van der Waals surface area contributed by atoms with Crippen molar-refractivity contribution in [2.45, 2.75) is 51.9 Å². The van der Waals surface area contributed by atoms with E-state index in [0.29, 0.717) is 12.8 Å². The monoisotopic (exact) mass is 256 g/mol. The fourth-order valence-corrected chi connectivity index (χ4v) is 1.97. The zero-order valence-electron chi connectivity index (χ0n) is 11.5. The second-order valence-electron chi connectivity index (χ2n) is 4.55. The summed E-state index contributed by atoms with van der Waals surface area (Å²) in [5.41, 5.74) is 1.53. The molecule has 0 saturated carbocycles. The number of unbranched alkanes of at least 4 members (excludes halogenated alkanes) is 3. The maximum atomic E-state index is 12.0. The molecule has 0 spiro atoms. The van der Waals surface area contributed by atoms with E-state index in [4.69, 9.17) is 12.8 Å². The average Bonchev–Trinajstić information content (AvgIpc) is 2.38. The van der Waals surface area contributed by atoms with Crippen LogP contribution in [0.25, 0.3) is 0 Å². The lowest BCUT2D eigenvalue weighted by Crippen LogP contribution is -2.19. The van der Waals surface area contributed by atoms with E-state index in [1.54, 1.807) is 0 Å². The third-order valence-corrected chi connectivity index (χ3v) is 3.00. The van der Waals surface area contributed by atoms with Crippen molar-refractivity contribution >= 4 is 0 Å². The smallest absolute Gasteiger partial charge is 0.254 e. The molecule has 1 aromatic rings. The van der Waals surface area contributed by atoms with Crippen molar-refractivity contribution in [2.24, 2.45) is 0 Å². The van der Waals surface area contributed by atoms with E-state index in [1.165, 1.54) is 0 Å². The summed E-state index contributed by atoms with van der Waals surface area (Å²) in [5.74, 6) is 5.94. The van der Waals surface area contributed by atoms with E-state index in [0.717, 1.165) is 49.2 Å². The first kappa shape index (κ1) is 15.1. The lowest BCUT2D eigenvalue weighted by Gasteiger charge is -2.06. The van der Waals surface area contributed by atoms with E-state index in [-0.39, 0.29) is 5.56 Å². The van der Waals surface area contributed by atoms with Crippen LogP contribution in [0.4, 0.5) is 0 Å². The molecule has 100 valence electrons. The molecule has 0 amide bonds. The van der Waals surface area contributed by atoms with Gasteiger partial charge >= 0.3 is 0 Å². The zero-order valence-corrected chi connectivity index (χ0v) is 11.5. The molecule has 0 bridgehead atoms. The Hall–Kier alpha value is -2.00. The minimum atomic E-state index is -0.0310. The van der Waals surface area contributed by atoms with Gasteiger partial charge in [-0.3, -0.25) is 4.79 Å². The number of hydrogen-bond acceptors (Lipinski definition) is 2. The largest absolute Gasteiger partial charge is 0.310 e. The van der Waals surface area contributed by atoms with Crippen molar-refractivity contribution in [3.63, 3.8) is 0 Å². The zero-order chi connectivity index (χ0) is 14.1. The summed E-state index contributed by atoms with van der Waals surface area (Å²) in [5, 5.41) is 0. The highest BCUT2D eigenvalue weighted by Gasteiger charge is 2.07. The Morgan fingerprint density at radius 3 is 2.42 bits per heavy atom. The Labute approximate surface area is 114 Å². The van der Waals surface area contributed by atoms with Gasteiger partial charge < -0.3 is 4.98 Å². The number of nitrogens with one attached hydrogen (secondary N) is 1. The predicted molar refractivity (Wildman–Crippen MR) is 77.8 cm³/mol. The molecule has 0 aromatic carbocycles. The van der Waals surface area contributed by atoms with Crippen LogP contribution in [0.5, 0.6) is 0 Å². The SMILES string of the molecule is C#CCCCCc1nc(C)c(CCCC#C)c(=O)[nH]1. The molecule has 1 N–H and O–H groups in total. The molecule has 1 heterocycles. The highest BCUT2D eigenvalue weighted by atomic mass is 16.1.